The predicted molar refractivity (Wildman–Crippen MR) is 142 cm³/mol. The molecule has 1 aliphatic carbocycles. The third-order valence-electron chi connectivity index (χ3n) is 6.64. The number of nitrogens with zero attached hydrogens (tertiary/aromatic N) is 2. The lowest BCUT2D eigenvalue weighted by molar-refractivity contribution is -0.123. The van der Waals surface area contributed by atoms with Crippen molar-refractivity contribution in [1.82, 2.24) is 9.69 Å². The second-order valence-corrected chi connectivity index (χ2v) is 10.2. The van der Waals surface area contributed by atoms with E-state index in [0.29, 0.717) is 11.3 Å². The second kappa shape index (κ2) is 11.1. The van der Waals surface area contributed by atoms with Gasteiger partial charge in [-0.2, -0.15) is 4.37 Å². The van der Waals surface area contributed by atoms with E-state index in [9.17, 15) is 18.8 Å². The summed E-state index contributed by atoms with van der Waals surface area (Å²) in [6.07, 6.45) is 4.85. The standard InChI is InChI=1S/C27H30FN5O3S/c1-15-8-9-16(2)20(14-15)33(27(36)24-21(29)22(25(30)34)32-37-24)23(17-10-12-18(28)13-11-17)26(35)31-19-6-4-3-5-7-19/h8-14,19,23H,3-7,29H2,1-2H3,(H2,30,34)(H,31,35)/t23-/m0/s1. The predicted octanol–water partition coefficient (Wildman–Crippen LogP) is 4.42. The largest absolute Gasteiger partial charge is 0.395 e. The smallest absolute Gasteiger partial charge is 0.273 e. The van der Waals surface area contributed by atoms with Crippen LogP contribution >= 0.6 is 11.5 Å². The molecule has 5 N–H and O–H groups in total. The number of hydrogen-bond donors (Lipinski definition) is 3. The van der Waals surface area contributed by atoms with E-state index in [-0.39, 0.29) is 28.2 Å². The van der Waals surface area contributed by atoms with Crippen LogP contribution in [0.2, 0.25) is 0 Å². The molecule has 1 aliphatic rings. The van der Waals surface area contributed by atoms with Crippen molar-refractivity contribution in [2.75, 3.05) is 10.6 Å². The first-order valence-electron chi connectivity index (χ1n) is 12.2. The van der Waals surface area contributed by atoms with Crippen LogP contribution in [-0.4, -0.2) is 28.1 Å². The molecule has 1 atom stereocenters. The number of carbonyl (C=O) groups is 3. The fraction of sp³-hybridized carbons (Fsp3) is 0.333. The molecule has 4 rings (SSSR count). The summed E-state index contributed by atoms with van der Waals surface area (Å²) in [7, 11) is 0. The van der Waals surface area contributed by atoms with Gasteiger partial charge in [0.05, 0.1) is 5.69 Å². The first-order valence-corrected chi connectivity index (χ1v) is 13.0. The Bertz CT molecular complexity index is 1320. The molecular weight excluding hydrogens is 493 g/mol. The maximum Gasteiger partial charge on any atom is 0.273 e. The van der Waals surface area contributed by atoms with Crippen LogP contribution in [-0.2, 0) is 4.79 Å². The highest BCUT2D eigenvalue weighted by molar-refractivity contribution is 7.09. The average molecular weight is 524 g/mol. The SMILES string of the molecule is Cc1ccc(C)c(N(C(=O)c2snc(C(N)=O)c2N)[C@H](C(=O)NC2CCCCC2)c2ccc(F)cc2)c1. The van der Waals surface area contributed by atoms with E-state index >= 15 is 0 Å². The molecule has 0 bridgehead atoms. The van der Waals surface area contributed by atoms with Crippen molar-refractivity contribution in [2.45, 2.75) is 58.0 Å². The van der Waals surface area contributed by atoms with Crippen LogP contribution < -0.4 is 21.7 Å². The lowest BCUT2D eigenvalue weighted by Crippen LogP contribution is -2.47. The minimum Gasteiger partial charge on any atom is -0.395 e. The third kappa shape index (κ3) is 5.64. The maximum absolute atomic E-state index is 14.2. The van der Waals surface area contributed by atoms with Gasteiger partial charge >= 0.3 is 0 Å². The van der Waals surface area contributed by atoms with Gasteiger partial charge in [0.25, 0.3) is 11.8 Å². The van der Waals surface area contributed by atoms with Gasteiger partial charge in [-0.3, -0.25) is 19.3 Å². The number of nitrogens with one attached hydrogen (secondary N) is 1. The molecular formula is C27H30FN5O3S. The van der Waals surface area contributed by atoms with Crippen molar-refractivity contribution in [1.29, 1.82) is 0 Å². The molecule has 1 aromatic heterocycles. The van der Waals surface area contributed by atoms with E-state index in [1.807, 2.05) is 32.0 Å². The summed E-state index contributed by atoms with van der Waals surface area (Å²) < 4.78 is 17.9. The number of nitrogens with two attached hydrogens (primary N) is 2. The molecule has 0 saturated heterocycles. The van der Waals surface area contributed by atoms with E-state index in [0.717, 1.165) is 54.8 Å². The molecule has 194 valence electrons. The second-order valence-electron chi connectivity index (χ2n) is 9.40. The van der Waals surface area contributed by atoms with Crippen LogP contribution in [0.15, 0.2) is 42.5 Å². The first kappa shape index (κ1) is 26.3. The Labute approximate surface area is 219 Å². The van der Waals surface area contributed by atoms with Crippen molar-refractivity contribution in [3.8, 4) is 0 Å². The number of aromatic nitrogens is 1. The summed E-state index contributed by atoms with van der Waals surface area (Å²) in [5.41, 5.74) is 13.7. The Hall–Kier alpha value is -3.79. The lowest BCUT2D eigenvalue weighted by Gasteiger charge is -2.34. The minimum absolute atomic E-state index is 0.00714. The van der Waals surface area contributed by atoms with Crippen LogP contribution in [0.25, 0.3) is 0 Å². The van der Waals surface area contributed by atoms with Gasteiger partial charge in [-0.1, -0.05) is 43.5 Å². The number of aryl methyl sites for hydroxylation is 2. The Balaban J connectivity index is 1.88. The van der Waals surface area contributed by atoms with Crippen molar-refractivity contribution in [3.63, 3.8) is 0 Å². The van der Waals surface area contributed by atoms with Gasteiger partial charge in [0.2, 0.25) is 5.91 Å². The number of amides is 3. The number of hydrogen-bond acceptors (Lipinski definition) is 6. The minimum atomic E-state index is -1.13. The third-order valence-corrected chi connectivity index (χ3v) is 7.49. The van der Waals surface area contributed by atoms with Crippen molar-refractivity contribution < 1.29 is 18.8 Å². The summed E-state index contributed by atoms with van der Waals surface area (Å²) in [6.45, 7) is 3.72. The molecule has 0 unspecified atom stereocenters. The molecule has 0 spiro atoms. The molecule has 3 amide bonds. The Morgan fingerprint density at radius 1 is 1.08 bits per heavy atom. The maximum atomic E-state index is 14.2. The van der Waals surface area contributed by atoms with Crippen LogP contribution in [0, 0.1) is 19.7 Å². The zero-order valence-corrected chi connectivity index (χ0v) is 21.6. The summed E-state index contributed by atoms with van der Waals surface area (Å²) in [5, 5.41) is 3.12. The van der Waals surface area contributed by atoms with Gasteiger partial charge in [-0.25, -0.2) is 4.39 Å². The average Bonchev–Trinajstić information content (AvgIpc) is 3.26. The van der Waals surface area contributed by atoms with Gasteiger partial charge in [0.1, 0.15) is 16.7 Å². The van der Waals surface area contributed by atoms with E-state index < -0.39 is 23.7 Å². The zero-order chi connectivity index (χ0) is 26.7. The topological polar surface area (TPSA) is 131 Å². The van der Waals surface area contributed by atoms with Crippen LogP contribution in [0.4, 0.5) is 15.8 Å². The normalized spacial score (nSPS) is 14.7. The number of primary amides is 1. The lowest BCUT2D eigenvalue weighted by atomic mass is 9.94. The molecule has 10 heteroatoms. The van der Waals surface area contributed by atoms with Crippen molar-refractivity contribution in [2.24, 2.45) is 5.73 Å². The summed E-state index contributed by atoms with van der Waals surface area (Å²) in [5.74, 6) is -2.30. The number of carbonyl (C=O) groups excluding carboxylic acids is 3. The van der Waals surface area contributed by atoms with Gasteiger partial charge in [-0.05, 0) is 73.1 Å². The molecule has 37 heavy (non-hydrogen) atoms. The Morgan fingerprint density at radius 3 is 2.38 bits per heavy atom. The van der Waals surface area contributed by atoms with E-state index in [2.05, 4.69) is 9.69 Å². The van der Waals surface area contributed by atoms with Crippen LogP contribution in [0.1, 0.15) is 75.0 Å². The van der Waals surface area contributed by atoms with Gasteiger partial charge in [0, 0.05) is 11.7 Å². The van der Waals surface area contributed by atoms with Gasteiger partial charge in [-0.15, -0.1) is 0 Å². The molecule has 0 radical (unpaired) electrons. The van der Waals surface area contributed by atoms with Crippen LogP contribution in [0.5, 0.6) is 0 Å². The Morgan fingerprint density at radius 2 is 1.76 bits per heavy atom. The van der Waals surface area contributed by atoms with Crippen molar-refractivity contribution in [3.05, 3.63) is 75.5 Å². The summed E-state index contributed by atoms with van der Waals surface area (Å²) in [6, 6.07) is 9.93. The Kier molecular flexibility index (Phi) is 7.87. The number of halogens is 1. The first-order chi connectivity index (χ1) is 17.7. The summed E-state index contributed by atoms with van der Waals surface area (Å²) in [4.78, 5) is 41.2. The number of nitrogen functional groups attached to an aromatic ring is 1. The van der Waals surface area contributed by atoms with Crippen molar-refractivity contribution >= 4 is 40.6 Å². The van der Waals surface area contributed by atoms with E-state index in [4.69, 9.17) is 11.5 Å². The van der Waals surface area contributed by atoms with Gasteiger partial charge < -0.3 is 16.8 Å². The molecule has 2 aromatic carbocycles. The molecule has 1 saturated carbocycles. The quantitative estimate of drug-likeness (QED) is 0.422. The molecule has 0 aliphatic heterocycles. The highest BCUT2D eigenvalue weighted by Gasteiger charge is 2.37. The zero-order valence-electron chi connectivity index (χ0n) is 20.8. The van der Waals surface area contributed by atoms with E-state index in [1.165, 1.54) is 29.2 Å². The monoisotopic (exact) mass is 523 g/mol. The van der Waals surface area contributed by atoms with Crippen LogP contribution in [0.3, 0.4) is 0 Å². The molecule has 3 aromatic rings. The molecule has 1 heterocycles. The van der Waals surface area contributed by atoms with E-state index in [1.54, 1.807) is 0 Å². The number of anilines is 2. The van der Waals surface area contributed by atoms with Gasteiger partial charge in [0.15, 0.2) is 5.69 Å². The fourth-order valence-corrected chi connectivity index (χ4v) is 5.42. The molecule has 8 nitrogen and oxygen atoms in total. The number of benzene rings is 2. The number of rotatable bonds is 7. The highest BCUT2D eigenvalue weighted by Crippen LogP contribution is 2.35. The summed E-state index contributed by atoms with van der Waals surface area (Å²) >= 11 is 0.749. The fourth-order valence-electron chi connectivity index (χ4n) is 4.67. The molecule has 1 fully saturated rings. The highest BCUT2D eigenvalue weighted by atomic mass is 32.1.